The second-order valence-electron chi connectivity index (χ2n) is 8.75. The number of aliphatic carboxylic acids is 1. The van der Waals surface area contributed by atoms with Crippen molar-refractivity contribution < 1.29 is 33.6 Å². The molecule has 0 bridgehead atoms. The van der Waals surface area contributed by atoms with Gasteiger partial charge in [-0.2, -0.15) is 0 Å². The number of nitrogens with one attached hydrogen (secondary N) is 1. The van der Waals surface area contributed by atoms with Crippen molar-refractivity contribution in [1.29, 1.82) is 0 Å². The smallest absolute Gasteiger partial charge is 0.352 e. The monoisotopic (exact) mass is 603 g/mol. The van der Waals surface area contributed by atoms with Crippen molar-refractivity contribution in [2.24, 2.45) is 0 Å². The van der Waals surface area contributed by atoms with Gasteiger partial charge in [-0.25, -0.2) is 4.79 Å². The van der Waals surface area contributed by atoms with E-state index in [9.17, 15) is 29.6 Å². The summed E-state index contributed by atoms with van der Waals surface area (Å²) in [6.07, 6.45) is 0. The number of nitro benzene ring substituents is 1. The SMILES string of the molecule is Cc1nnc(SCC2=C(C(=O)O)N3C(=O)[C@@H](NC(=O)c4ccc(COc5ccc([N+](=O)[O-])c(C)c5)o4)[C@H]3SC2)s1. The predicted octanol–water partition coefficient (Wildman–Crippen LogP) is 3.38. The Kier molecular flexibility index (Phi) is 7.82. The number of benzene rings is 1. The number of furan rings is 1. The van der Waals surface area contributed by atoms with Gasteiger partial charge in [-0.15, -0.1) is 22.0 Å². The highest BCUT2D eigenvalue weighted by molar-refractivity contribution is 8.01. The number of carboxylic acids is 1. The lowest BCUT2D eigenvalue weighted by atomic mass is 10.0. The fourth-order valence-electron chi connectivity index (χ4n) is 4.15. The third-order valence-electron chi connectivity index (χ3n) is 6.05. The Bertz CT molecular complexity index is 1550. The summed E-state index contributed by atoms with van der Waals surface area (Å²) in [6.45, 7) is 3.41. The van der Waals surface area contributed by atoms with Crippen LogP contribution < -0.4 is 10.1 Å². The minimum Gasteiger partial charge on any atom is -0.486 e. The molecule has 1 aromatic carbocycles. The first-order valence-corrected chi connectivity index (χ1v) is 14.6. The molecule has 0 saturated carbocycles. The lowest BCUT2D eigenvalue weighted by molar-refractivity contribution is -0.385. The molecule has 3 aromatic rings. The summed E-state index contributed by atoms with van der Waals surface area (Å²) in [5, 5.41) is 31.7. The van der Waals surface area contributed by atoms with Gasteiger partial charge in [-0.1, -0.05) is 23.1 Å². The Labute approximate surface area is 239 Å². The van der Waals surface area contributed by atoms with Crippen LogP contribution in [0.3, 0.4) is 0 Å². The number of carbonyl (C=O) groups is 3. The summed E-state index contributed by atoms with van der Waals surface area (Å²) >= 11 is 4.15. The maximum Gasteiger partial charge on any atom is 0.352 e. The summed E-state index contributed by atoms with van der Waals surface area (Å²) in [5.41, 5.74) is 0.963. The molecule has 13 nitrogen and oxygen atoms in total. The van der Waals surface area contributed by atoms with E-state index in [4.69, 9.17) is 9.15 Å². The van der Waals surface area contributed by atoms with Crippen LogP contribution in [0, 0.1) is 24.0 Å². The maximum atomic E-state index is 12.9. The molecular formula is C24H21N5O8S3. The molecule has 2 aromatic heterocycles. The van der Waals surface area contributed by atoms with E-state index >= 15 is 0 Å². The van der Waals surface area contributed by atoms with Gasteiger partial charge >= 0.3 is 5.97 Å². The van der Waals surface area contributed by atoms with E-state index in [0.717, 1.165) is 5.01 Å². The summed E-state index contributed by atoms with van der Waals surface area (Å²) in [6, 6.07) is 6.44. The third kappa shape index (κ3) is 5.55. The number of ether oxygens (including phenoxy) is 1. The van der Waals surface area contributed by atoms with Crippen LogP contribution in [0.25, 0.3) is 0 Å². The van der Waals surface area contributed by atoms with Crippen LogP contribution in [0.5, 0.6) is 5.75 Å². The molecular weight excluding hydrogens is 582 g/mol. The summed E-state index contributed by atoms with van der Waals surface area (Å²) < 4.78 is 11.9. The third-order valence-corrected chi connectivity index (χ3v) is 9.44. The number of thioether (sulfide) groups is 2. The molecule has 0 unspecified atom stereocenters. The topological polar surface area (TPSA) is 178 Å². The van der Waals surface area contributed by atoms with E-state index in [1.807, 2.05) is 6.92 Å². The number of nitro groups is 1. The highest BCUT2D eigenvalue weighted by atomic mass is 32.2. The normalized spacial score (nSPS) is 18.2. The van der Waals surface area contributed by atoms with Gasteiger partial charge in [0, 0.05) is 23.1 Å². The molecule has 0 aliphatic carbocycles. The molecule has 0 radical (unpaired) electrons. The van der Waals surface area contributed by atoms with E-state index in [2.05, 4.69) is 15.5 Å². The number of carboxylic acid groups (broad SMARTS) is 1. The van der Waals surface area contributed by atoms with Crippen molar-refractivity contribution in [1.82, 2.24) is 20.4 Å². The average molecular weight is 604 g/mol. The number of hydrogen-bond donors (Lipinski definition) is 2. The molecule has 2 aliphatic rings. The highest BCUT2D eigenvalue weighted by Gasteiger charge is 2.54. The number of fused-ring (bicyclic) bond motifs is 1. The van der Waals surface area contributed by atoms with Crippen molar-refractivity contribution >= 4 is 58.3 Å². The second kappa shape index (κ2) is 11.3. The molecule has 1 saturated heterocycles. The van der Waals surface area contributed by atoms with E-state index < -0.39 is 34.1 Å². The number of nitrogens with zero attached hydrogens (tertiary/aromatic N) is 4. The molecule has 16 heteroatoms. The molecule has 2 atom stereocenters. The first kappa shape index (κ1) is 27.7. The first-order chi connectivity index (χ1) is 19.1. The number of carbonyl (C=O) groups excluding carboxylic acids is 2. The Balaban J connectivity index is 1.19. The minimum atomic E-state index is -1.20. The number of rotatable bonds is 10. The Morgan fingerprint density at radius 1 is 1.30 bits per heavy atom. The number of amides is 2. The van der Waals surface area contributed by atoms with Gasteiger partial charge in [0.25, 0.3) is 17.5 Å². The van der Waals surface area contributed by atoms with Crippen LogP contribution in [-0.4, -0.2) is 65.8 Å². The summed E-state index contributed by atoms with van der Waals surface area (Å²) in [7, 11) is 0. The largest absolute Gasteiger partial charge is 0.486 e. The van der Waals surface area contributed by atoms with E-state index in [1.54, 1.807) is 13.0 Å². The molecule has 1 fully saturated rings. The van der Waals surface area contributed by atoms with Crippen LogP contribution >= 0.6 is 34.9 Å². The van der Waals surface area contributed by atoms with Crippen molar-refractivity contribution in [3.63, 3.8) is 0 Å². The van der Waals surface area contributed by atoms with Gasteiger partial charge in [0.15, 0.2) is 10.1 Å². The second-order valence-corrected chi connectivity index (χ2v) is 12.3. The van der Waals surface area contributed by atoms with Crippen LogP contribution in [0.2, 0.25) is 0 Å². The van der Waals surface area contributed by atoms with Crippen LogP contribution in [0.4, 0.5) is 5.69 Å². The number of aryl methyl sites for hydroxylation is 2. The quantitative estimate of drug-likeness (QED) is 0.150. The first-order valence-electron chi connectivity index (χ1n) is 11.7. The summed E-state index contributed by atoms with van der Waals surface area (Å²) in [5.74, 6) is -0.899. The fourth-order valence-corrected chi connectivity index (χ4v) is 7.45. The fraction of sp³-hybridized carbons (Fsp3) is 0.292. The zero-order valence-electron chi connectivity index (χ0n) is 21.0. The molecule has 208 valence electrons. The van der Waals surface area contributed by atoms with Gasteiger partial charge in [-0.3, -0.25) is 24.6 Å². The van der Waals surface area contributed by atoms with E-state index in [0.29, 0.717) is 38.5 Å². The number of hydrogen-bond acceptors (Lipinski definition) is 12. The maximum absolute atomic E-state index is 12.9. The zero-order chi connectivity index (χ0) is 28.6. The highest BCUT2D eigenvalue weighted by Crippen LogP contribution is 2.42. The standard InChI is InChI=1S/C24H21N5O8S3/c1-11-7-14(3-5-16(11)29(34)35)36-8-15-4-6-17(37-15)20(30)25-18-21(31)28-19(23(32)33)13(9-38-22(18)28)10-39-24-27-26-12(2)40-24/h3-7,18,22H,8-10H2,1-2H3,(H,25,30)(H,32,33)/t18-,22-/m1/s1. The van der Waals surface area contributed by atoms with Crippen LogP contribution in [0.1, 0.15) is 26.9 Å². The Morgan fingerprint density at radius 3 is 2.77 bits per heavy atom. The summed E-state index contributed by atoms with van der Waals surface area (Å²) in [4.78, 5) is 49.5. The number of aromatic nitrogens is 2. The Hall–Kier alpha value is -3.89. The van der Waals surface area contributed by atoms with Gasteiger partial charge in [0.05, 0.1) is 4.92 Å². The lowest BCUT2D eigenvalue weighted by Gasteiger charge is -2.49. The molecule has 2 amide bonds. The van der Waals surface area contributed by atoms with Gasteiger partial charge in [0.2, 0.25) is 0 Å². The number of β-lactam (4-membered cyclic amide) rings is 1. The predicted molar refractivity (Wildman–Crippen MR) is 145 cm³/mol. The van der Waals surface area contributed by atoms with E-state index in [-0.39, 0.29) is 23.8 Å². The van der Waals surface area contributed by atoms with Crippen molar-refractivity contribution in [2.75, 3.05) is 11.5 Å². The molecule has 5 rings (SSSR count). The Morgan fingerprint density at radius 2 is 2.10 bits per heavy atom. The average Bonchev–Trinajstić information content (AvgIpc) is 3.57. The van der Waals surface area contributed by atoms with Crippen LogP contribution in [0.15, 0.2) is 50.4 Å². The van der Waals surface area contributed by atoms with Crippen LogP contribution in [-0.2, 0) is 16.2 Å². The molecule has 0 spiro atoms. The zero-order valence-corrected chi connectivity index (χ0v) is 23.4. The van der Waals surface area contributed by atoms with E-state index in [1.165, 1.54) is 64.0 Å². The molecule has 2 N–H and O–H groups in total. The van der Waals surface area contributed by atoms with Gasteiger partial charge in [-0.05, 0) is 43.7 Å². The van der Waals surface area contributed by atoms with Crippen molar-refractivity contribution in [3.05, 3.63) is 73.8 Å². The van der Waals surface area contributed by atoms with Crippen molar-refractivity contribution in [2.45, 2.75) is 36.2 Å². The molecule has 2 aliphatic heterocycles. The van der Waals surface area contributed by atoms with Crippen molar-refractivity contribution in [3.8, 4) is 5.75 Å². The molecule has 40 heavy (non-hydrogen) atoms. The van der Waals surface area contributed by atoms with Gasteiger partial charge in [0.1, 0.15) is 40.2 Å². The van der Waals surface area contributed by atoms with Gasteiger partial charge < -0.3 is 19.6 Å². The lowest BCUT2D eigenvalue weighted by Crippen LogP contribution is -2.70. The minimum absolute atomic E-state index is 0.0195. The molecule has 4 heterocycles.